The maximum absolute atomic E-state index is 10.3. The molecular weight excluding hydrogens is 402 g/mol. The van der Waals surface area contributed by atoms with Crippen LogP contribution in [0.1, 0.15) is 16.7 Å². The second kappa shape index (κ2) is 8.55. The van der Waals surface area contributed by atoms with Crippen LogP contribution in [0.25, 0.3) is 0 Å². The molecule has 162 valence electrons. The number of ether oxygens (including phenoxy) is 1. The first-order chi connectivity index (χ1) is 15.3. The topological polar surface area (TPSA) is 73.2 Å². The van der Waals surface area contributed by atoms with Crippen LogP contribution in [-0.4, -0.2) is 15.3 Å². The number of phenolic OH excluding ortho intramolecular Hbond substituents is 3. The van der Waals surface area contributed by atoms with E-state index in [1.165, 1.54) is 0 Å². The van der Waals surface area contributed by atoms with E-state index in [9.17, 15) is 15.3 Å². The van der Waals surface area contributed by atoms with Crippen LogP contribution in [0.3, 0.4) is 0 Å². The summed E-state index contributed by atoms with van der Waals surface area (Å²) in [6.07, 6.45) is 0. The zero-order valence-electron chi connectivity index (χ0n) is 18.2. The van der Waals surface area contributed by atoms with Crippen LogP contribution in [0.2, 0.25) is 0 Å². The van der Waals surface area contributed by atoms with E-state index in [0.29, 0.717) is 11.5 Å². The van der Waals surface area contributed by atoms with E-state index in [1.807, 2.05) is 74.2 Å². The van der Waals surface area contributed by atoms with Crippen molar-refractivity contribution in [3.63, 3.8) is 0 Å². The Morgan fingerprint density at radius 3 is 1.84 bits per heavy atom. The highest BCUT2D eigenvalue weighted by Gasteiger charge is 2.19. The predicted octanol–water partition coefficient (Wildman–Crippen LogP) is 6.99. The summed E-state index contributed by atoms with van der Waals surface area (Å²) >= 11 is 0. The lowest BCUT2D eigenvalue weighted by Gasteiger charge is -2.29. The molecule has 3 N–H and O–H groups in total. The lowest BCUT2D eigenvalue weighted by atomic mass is 10.1. The van der Waals surface area contributed by atoms with Crippen molar-refractivity contribution in [1.82, 2.24) is 0 Å². The number of aromatic hydroxyl groups is 3. The first-order valence-electron chi connectivity index (χ1n) is 10.3. The number of aryl methyl sites for hydroxylation is 3. The minimum Gasteiger partial charge on any atom is -0.508 e. The number of nitrogens with zero attached hydrogens (tertiary/aromatic N) is 1. The fourth-order valence-electron chi connectivity index (χ4n) is 3.61. The van der Waals surface area contributed by atoms with Gasteiger partial charge in [-0.05, 0) is 67.8 Å². The highest BCUT2D eigenvalue weighted by molar-refractivity contribution is 5.81. The highest BCUT2D eigenvalue weighted by Crippen LogP contribution is 2.42. The van der Waals surface area contributed by atoms with Crippen molar-refractivity contribution in [2.24, 2.45) is 0 Å². The summed E-state index contributed by atoms with van der Waals surface area (Å²) in [7, 11) is 0. The second-order valence-electron chi connectivity index (χ2n) is 7.80. The van der Waals surface area contributed by atoms with E-state index in [0.717, 1.165) is 33.8 Å². The Bertz CT molecular complexity index is 1230. The number of para-hydroxylation sites is 1. The van der Waals surface area contributed by atoms with Gasteiger partial charge in [0.1, 0.15) is 17.2 Å². The average molecular weight is 428 g/mol. The van der Waals surface area contributed by atoms with Crippen molar-refractivity contribution >= 4 is 17.1 Å². The average Bonchev–Trinajstić information content (AvgIpc) is 2.77. The summed E-state index contributed by atoms with van der Waals surface area (Å²) in [6, 6.07) is 23.2. The largest absolute Gasteiger partial charge is 0.508 e. The van der Waals surface area contributed by atoms with Gasteiger partial charge >= 0.3 is 0 Å². The zero-order valence-corrected chi connectivity index (χ0v) is 18.2. The van der Waals surface area contributed by atoms with E-state index in [-0.39, 0.29) is 17.2 Å². The molecule has 0 saturated carbocycles. The van der Waals surface area contributed by atoms with Gasteiger partial charge in [-0.1, -0.05) is 30.3 Å². The van der Waals surface area contributed by atoms with Crippen LogP contribution < -0.4 is 9.64 Å². The molecule has 4 aromatic rings. The SMILES string of the molecule is Cc1ccc(O)cc1N(c1cccc(Oc2cccc(C)c2O)c1)c1cc(O)ccc1C. The molecule has 0 bridgehead atoms. The summed E-state index contributed by atoms with van der Waals surface area (Å²) in [5.74, 6) is 1.30. The van der Waals surface area contributed by atoms with Crippen LogP contribution in [0.5, 0.6) is 28.7 Å². The standard InChI is InChI=1S/C27H25NO4/c1-17-10-12-21(29)15-24(17)28(25-16-22(30)13-11-18(25)2)20-7-5-8-23(14-20)32-26-9-4-6-19(3)27(26)31/h4-16,29-31H,1-3H3. The van der Waals surface area contributed by atoms with E-state index < -0.39 is 0 Å². The van der Waals surface area contributed by atoms with Gasteiger partial charge in [-0.3, -0.25) is 0 Å². The number of phenols is 3. The minimum atomic E-state index is 0.0995. The molecule has 0 saturated heterocycles. The van der Waals surface area contributed by atoms with E-state index >= 15 is 0 Å². The van der Waals surface area contributed by atoms with Crippen LogP contribution in [0.4, 0.5) is 17.1 Å². The monoisotopic (exact) mass is 427 g/mol. The molecule has 32 heavy (non-hydrogen) atoms. The molecule has 0 aliphatic rings. The molecule has 0 aliphatic carbocycles. The maximum atomic E-state index is 10.3. The first-order valence-corrected chi connectivity index (χ1v) is 10.3. The predicted molar refractivity (Wildman–Crippen MR) is 127 cm³/mol. The molecule has 4 rings (SSSR count). The summed E-state index contributed by atoms with van der Waals surface area (Å²) in [5.41, 5.74) is 4.95. The van der Waals surface area contributed by atoms with Gasteiger partial charge in [-0.25, -0.2) is 0 Å². The van der Waals surface area contributed by atoms with Crippen molar-refractivity contribution in [2.45, 2.75) is 20.8 Å². The number of rotatable bonds is 5. The summed E-state index contributed by atoms with van der Waals surface area (Å²) in [6.45, 7) is 5.74. The Hall–Kier alpha value is -4.12. The number of benzene rings is 4. The second-order valence-corrected chi connectivity index (χ2v) is 7.80. The number of hydrogen-bond donors (Lipinski definition) is 3. The third-order valence-electron chi connectivity index (χ3n) is 5.37. The fraction of sp³-hybridized carbons (Fsp3) is 0.111. The molecular formula is C27H25NO4. The number of hydrogen-bond acceptors (Lipinski definition) is 5. The van der Waals surface area contributed by atoms with Gasteiger partial charge in [0.15, 0.2) is 11.5 Å². The van der Waals surface area contributed by atoms with Crippen molar-refractivity contribution in [3.8, 4) is 28.7 Å². The summed E-state index contributed by atoms with van der Waals surface area (Å²) in [5, 5.41) is 30.7. The molecule has 0 spiro atoms. The van der Waals surface area contributed by atoms with Crippen LogP contribution in [0.15, 0.2) is 78.9 Å². The van der Waals surface area contributed by atoms with Gasteiger partial charge in [0.05, 0.1) is 11.4 Å². The lowest BCUT2D eigenvalue weighted by molar-refractivity contribution is 0.408. The smallest absolute Gasteiger partial charge is 0.169 e. The Morgan fingerprint density at radius 2 is 1.22 bits per heavy atom. The molecule has 0 fully saturated rings. The summed E-state index contributed by atoms with van der Waals surface area (Å²) in [4.78, 5) is 1.97. The zero-order chi connectivity index (χ0) is 22.8. The quantitative estimate of drug-likeness (QED) is 0.320. The van der Waals surface area contributed by atoms with Crippen LogP contribution in [0, 0.1) is 20.8 Å². The molecule has 4 aromatic carbocycles. The van der Waals surface area contributed by atoms with Crippen molar-refractivity contribution in [3.05, 3.63) is 95.6 Å². The lowest BCUT2D eigenvalue weighted by Crippen LogP contribution is -2.12. The van der Waals surface area contributed by atoms with Crippen LogP contribution >= 0.6 is 0 Å². The molecule has 0 atom stereocenters. The third kappa shape index (κ3) is 4.18. The molecule has 0 heterocycles. The number of anilines is 3. The van der Waals surface area contributed by atoms with Gasteiger partial charge in [-0.15, -0.1) is 0 Å². The van der Waals surface area contributed by atoms with E-state index in [4.69, 9.17) is 4.74 Å². The van der Waals surface area contributed by atoms with E-state index in [1.54, 1.807) is 30.3 Å². The van der Waals surface area contributed by atoms with Gasteiger partial charge in [0, 0.05) is 23.9 Å². The Labute approximate surface area is 187 Å². The van der Waals surface area contributed by atoms with Gasteiger partial charge in [0.25, 0.3) is 0 Å². The van der Waals surface area contributed by atoms with Gasteiger partial charge < -0.3 is 25.0 Å². The van der Waals surface area contributed by atoms with Gasteiger partial charge in [0.2, 0.25) is 0 Å². The Balaban J connectivity index is 1.85. The van der Waals surface area contributed by atoms with Gasteiger partial charge in [-0.2, -0.15) is 0 Å². The Kier molecular flexibility index (Phi) is 5.65. The minimum absolute atomic E-state index is 0.0995. The molecule has 5 nitrogen and oxygen atoms in total. The van der Waals surface area contributed by atoms with Crippen molar-refractivity contribution < 1.29 is 20.1 Å². The fourth-order valence-corrected chi connectivity index (χ4v) is 3.61. The molecule has 0 radical (unpaired) electrons. The molecule has 0 unspecified atom stereocenters. The normalized spacial score (nSPS) is 10.7. The van der Waals surface area contributed by atoms with E-state index in [2.05, 4.69) is 0 Å². The molecule has 0 aromatic heterocycles. The third-order valence-corrected chi connectivity index (χ3v) is 5.37. The molecule has 5 heteroatoms. The highest BCUT2D eigenvalue weighted by atomic mass is 16.5. The van der Waals surface area contributed by atoms with Crippen LogP contribution in [-0.2, 0) is 0 Å². The molecule has 0 amide bonds. The maximum Gasteiger partial charge on any atom is 0.169 e. The first kappa shape index (κ1) is 21.1. The Morgan fingerprint density at radius 1 is 0.625 bits per heavy atom. The van der Waals surface area contributed by atoms with Crippen molar-refractivity contribution in [1.29, 1.82) is 0 Å². The summed E-state index contributed by atoms with van der Waals surface area (Å²) < 4.78 is 5.99. The van der Waals surface area contributed by atoms with Crippen molar-refractivity contribution in [2.75, 3.05) is 4.90 Å². The molecule has 0 aliphatic heterocycles.